The lowest BCUT2D eigenvalue weighted by molar-refractivity contribution is 0.577. The molecule has 68 valence electrons. The molecule has 0 radical (unpaired) electrons. The minimum atomic E-state index is -2.64. The number of sulfone groups is 1. The average Bonchev–Trinajstić information content (AvgIpc) is 1.86. The van der Waals surface area contributed by atoms with Gasteiger partial charge in [-0.1, -0.05) is 0 Å². The second-order valence-corrected chi connectivity index (χ2v) is 8.31. The Labute approximate surface area is 71.6 Å². The Kier molecular flexibility index (Phi) is 2.86. The van der Waals surface area contributed by atoms with Crippen LogP contribution in [0.3, 0.4) is 0 Å². The third-order valence-electron chi connectivity index (χ3n) is 2.25. The maximum Gasteiger partial charge on any atom is 0.150 e. The van der Waals surface area contributed by atoms with E-state index in [9.17, 15) is 8.42 Å². The van der Waals surface area contributed by atoms with Gasteiger partial charge in [-0.3, -0.25) is 10.9 Å². The molecule has 1 rings (SSSR count). The molecule has 0 saturated carbocycles. The molecule has 0 bridgehead atoms. The maximum atomic E-state index is 11.0. The first-order valence-electron chi connectivity index (χ1n) is 3.88. The van der Waals surface area contributed by atoms with Crippen LogP contribution in [-0.2, 0) is 9.84 Å². The minimum absolute atomic E-state index is 0.0755. The fraction of sp³-hybridized carbons (Fsp3) is 1.00. The molecule has 1 heterocycles. The number of hydrogen-bond donors (Lipinski definition) is 1. The SMILES string of the molecule is C[SH](C)C1CCS(=O)(=O)CC1. The largest absolute Gasteiger partial charge is 0.256 e. The average molecular weight is 196 g/mol. The normalized spacial score (nSPS) is 26.5. The van der Waals surface area contributed by atoms with Crippen LogP contribution in [0.1, 0.15) is 12.8 Å². The fourth-order valence-corrected chi connectivity index (χ4v) is 4.53. The first-order chi connectivity index (χ1) is 5.01. The van der Waals surface area contributed by atoms with E-state index < -0.39 is 9.84 Å². The highest BCUT2D eigenvalue weighted by Crippen LogP contribution is 2.31. The van der Waals surface area contributed by atoms with E-state index in [-0.39, 0.29) is 10.9 Å². The van der Waals surface area contributed by atoms with Crippen molar-refractivity contribution in [2.45, 2.75) is 18.1 Å². The molecule has 0 aromatic rings. The van der Waals surface area contributed by atoms with E-state index >= 15 is 0 Å². The van der Waals surface area contributed by atoms with Gasteiger partial charge in [0.15, 0.2) is 0 Å². The van der Waals surface area contributed by atoms with Gasteiger partial charge in [0.05, 0.1) is 11.5 Å². The standard InChI is InChI=1S/C7H16O2S2/c1-10(2)7-3-5-11(8,9)6-4-7/h7,10H,3-6H2,1-2H3. The summed E-state index contributed by atoms with van der Waals surface area (Å²) in [5.41, 5.74) is 0. The van der Waals surface area contributed by atoms with E-state index in [4.69, 9.17) is 0 Å². The molecule has 0 aliphatic carbocycles. The zero-order valence-corrected chi connectivity index (χ0v) is 8.79. The van der Waals surface area contributed by atoms with Crippen molar-refractivity contribution in [3.05, 3.63) is 0 Å². The molecule has 0 atom stereocenters. The molecule has 0 unspecified atom stereocenters. The van der Waals surface area contributed by atoms with Crippen LogP contribution in [-0.4, -0.2) is 37.7 Å². The zero-order valence-electron chi connectivity index (χ0n) is 7.08. The Morgan fingerprint density at radius 1 is 1.18 bits per heavy atom. The van der Waals surface area contributed by atoms with E-state index in [2.05, 4.69) is 12.5 Å². The van der Waals surface area contributed by atoms with Gasteiger partial charge in [-0.05, 0) is 30.6 Å². The van der Waals surface area contributed by atoms with Crippen LogP contribution in [0, 0.1) is 0 Å². The van der Waals surface area contributed by atoms with E-state index in [0.29, 0.717) is 16.8 Å². The molecule has 2 nitrogen and oxygen atoms in total. The van der Waals surface area contributed by atoms with Crippen molar-refractivity contribution >= 4 is 20.7 Å². The Morgan fingerprint density at radius 3 is 2.00 bits per heavy atom. The van der Waals surface area contributed by atoms with Gasteiger partial charge in [-0.15, -0.1) is 0 Å². The number of hydrogen-bond acceptors (Lipinski definition) is 2. The van der Waals surface area contributed by atoms with Gasteiger partial charge in [-0.2, -0.15) is 0 Å². The molecule has 0 aromatic heterocycles. The van der Waals surface area contributed by atoms with Gasteiger partial charge in [0.2, 0.25) is 0 Å². The van der Waals surface area contributed by atoms with Crippen molar-refractivity contribution in [2.24, 2.45) is 0 Å². The molecule has 4 heteroatoms. The summed E-state index contributed by atoms with van der Waals surface area (Å²) >= 11 is 0. The van der Waals surface area contributed by atoms with Gasteiger partial charge < -0.3 is 0 Å². The van der Waals surface area contributed by atoms with Crippen LogP contribution < -0.4 is 0 Å². The summed E-state index contributed by atoms with van der Waals surface area (Å²) in [5.74, 6) is 0.857. The van der Waals surface area contributed by atoms with Crippen molar-refractivity contribution in [3.8, 4) is 0 Å². The molecule has 1 saturated heterocycles. The second kappa shape index (κ2) is 3.35. The summed E-state index contributed by atoms with van der Waals surface area (Å²) in [7, 11) is -2.56. The van der Waals surface area contributed by atoms with E-state index in [1.165, 1.54) is 0 Å². The van der Waals surface area contributed by atoms with Crippen LogP contribution in [0.25, 0.3) is 0 Å². The lowest BCUT2D eigenvalue weighted by atomic mass is 10.2. The molecule has 11 heavy (non-hydrogen) atoms. The van der Waals surface area contributed by atoms with Gasteiger partial charge in [-0.25, -0.2) is 8.42 Å². The van der Waals surface area contributed by atoms with Gasteiger partial charge in [0.25, 0.3) is 0 Å². The fourth-order valence-electron chi connectivity index (χ4n) is 1.39. The van der Waals surface area contributed by atoms with Crippen molar-refractivity contribution in [3.63, 3.8) is 0 Å². The van der Waals surface area contributed by atoms with Crippen LogP contribution in [0.15, 0.2) is 0 Å². The third-order valence-corrected chi connectivity index (χ3v) is 5.95. The molecular formula is C7H16O2S2. The quantitative estimate of drug-likeness (QED) is 0.630. The molecule has 0 N–H and O–H groups in total. The molecule has 0 spiro atoms. The Morgan fingerprint density at radius 2 is 1.64 bits per heavy atom. The Hall–Kier alpha value is 0.300. The smallest absolute Gasteiger partial charge is 0.150 e. The highest BCUT2D eigenvalue weighted by Gasteiger charge is 2.23. The number of rotatable bonds is 1. The van der Waals surface area contributed by atoms with Crippen LogP contribution in [0.2, 0.25) is 0 Å². The van der Waals surface area contributed by atoms with Crippen LogP contribution in [0.4, 0.5) is 0 Å². The Bertz CT molecular complexity index is 205. The summed E-state index contributed by atoms with van der Waals surface area (Å²) in [4.78, 5) is 0. The Balaban J connectivity index is 2.49. The van der Waals surface area contributed by atoms with E-state index in [0.717, 1.165) is 12.8 Å². The number of thiol groups is 1. The van der Waals surface area contributed by atoms with Gasteiger partial charge >= 0.3 is 0 Å². The van der Waals surface area contributed by atoms with Crippen molar-refractivity contribution in [2.75, 3.05) is 24.0 Å². The minimum Gasteiger partial charge on any atom is -0.256 e. The van der Waals surface area contributed by atoms with Gasteiger partial charge in [0.1, 0.15) is 9.84 Å². The van der Waals surface area contributed by atoms with Crippen molar-refractivity contribution < 1.29 is 8.42 Å². The van der Waals surface area contributed by atoms with Crippen LogP contribution in [0.5, 0.6) is 0 Å². The van der Waals surface area contributed by atoms with E-state index in [1.807, 2.05) is 0 Å². The summed E-state index contributed by atoms with van der Waals surface area (Å²) in [6.07, 6.45) is 6.28. The predicted molar refractivity (Wildman–Crippen MR) is 52.5 cm³/mol. The predicted octanol–water partition coefficient (Wildman–Crippen LogP) is 0.824. The summed E-state index contributed by atoms with van der Waals surface area (Å²) in [6.45, 7) is 0. The van der Waals surface area contributed by atoms with Crippen molar-refractivity contribution in [1.82, 2.24) is 0 Å². The van der Waals surface area contributed by atoms with Crippen molar-refractivity contribution in [1.29, 1.82) is 0 Å². The monoisotopic (exact) mass is 196 g/mol. The maximum absolute atomic E-state index is 11.0. The second-order valence-electron chi connectivity index (χ2n) is 3.35. The molecule has 1 aliphatic rings. The summed E-state index contributed by atoms with van der Waals surface area (Å²) in [6, 6.07) is 0. The molecule has 0 amide bonds. The lowest BCUT2D eigenvalue weighted by Crippen LogP contribution is -2.26. The molecule has 1 fully saturated rings. The highest BCUT2D eigenvalue weighted by molar-refractivity contribution is 8.16. The first kappa shape index (κ1) is 9.39. The van der Waals surface area contributed by atoms with E-state index in [1.54, 1.807) is 0 Å². The topological polar surface area (TPSA) is 34.1 Å². The van der Waals surface area contributed by atoms with Gasteiger partial charge in [0, 0.05) is 0 Å². The zero-order chi connectivity index (χ0) is 8.48. The first-order valence-corrected chi connectivity index (χ1v) is 8.01. The molecule has 0 aromatic carbocycles. The molecule has 1 aliphatic heterocycles. The summed E-state index contributed by atoms with van der Waals surface area (Å²) < 4.78 is 22.1. The highest BCUT2D eigenvalue weighted by atomic mass is 32.2. The third kappa shape index (κ3) is 2.67. The molecular weight excluding hydrogens is 180 g/mol. The summed E-state index contributed by atoms with van der Waals surface area (Å²) in [5, 5.41) is 0.702. The lowest BCUT2D eigenvalue weighted by Gasteiger charge is -2.27. The van der Waals surface area contributed by atoms with Crippen LogP contribution >= 0.6 is 10.9 Å².